The summed E-state index contributed by atoms with van der Waals surface area (Å²) in [5.74, 6) is -8.77. The van der Waals surface area contributed by atoms with Gasteiger partial charge in [-0.25, -0.2) is 0 Å². The zero-order chi connectivity index (χ0) is 71.6. The fraction of sp³-hybridized carbons (Fsp3) is 0.629. The molecule has 0 spiro atoms. The lowest BCUT2D eigenvalue weighted by atomic mass is 9.89. The van der Waals surface area contributed by atoms with E-state index in [0.717, 1.165) is 4.90 Å². The number of benzene rings is 2. The van der Waals surface area contributed by atoms with Crippen molar-refractivity contribution in [3.8, 4) is 0 Å². The molecule has 11 atom stereocenters. The number of aliphatic hydroxyl groups excluding tert-OH is 1. The number of Topliss-reactive ketones (excluding diaryl/α,β-unsaturated/α-hetero) is 1. The number of likely N-dealkylation sites (N-methyl/N-ethyl adjacent to an activating group) is 2. The van der Waals surface area contributed by atoms with Gasteiger partial charge in [0.25, 0.3) is 11.8 Å². The minimum Gasteiger partial charge on any atom is -0.386 e. The Hall–Kier alpha value is -7.98. The third kappa shape index (κ3) is 23.6. The Balaban J connectivity index is 1.12. The molecule has 5 rings (SSSR count). The Morgan fingerprint density at radius 3 is 1.89 bits per heavy atom. The SMILES string of the molecule is CC[C@H](C)[C@@H]([C@@H](CC(=O)N1CCC[C@@H]1[C@H](OC)[C@@H](C)C(=O)N[C@H](C)[C@@H](O)c1ccccc1)OC)N(C)C(=O)[C@@H](NC(=O)[C@H](C(C)C)N(C)C(=O)CNC(=O)[C@H](Cc1ccccc1)NC(=O)CNC(=O)CNC(=O)CC1COCC(C(=O)CCCN2C(=O)C=CC2=O)COC1)C(C)C. The largest absolute Gasteiger partial charge is 0.386 e. The van der Waals surface area contributed by atoms with Crippen molar-refractivity contribution in [2.45, 2.75) is 161 Å². The molecule has 3 heterocycles. The zero-order valence-corrected chi connectivity index (χ0v) is 58.4. The van der Waals surface area contributed by atoms with E-state index in [1.165, 1.54) is 43.2 Å². The van der Waals surface area contributed by atoms with Crippen LogP contribution in [0.25, 0.3) is 0 Å². The lowest BCUT2D eigenvalue weighted by Gasteiger charge is -2.41. The molecule has 2 aromatic carbocycles. The Labute approximate surface area is 569 Å². The van der Waals surface area contributed by atoms with Crippen molar-refractivity contribution in [1.29, 1.82) is 0 Å². The highest BCUT2D eigenvalue weighted by Crippen LogP contribution is 2.31. The van der Waals surface area contributed by atoms with Gasteiger partial charge >= 0.3 is 0 Å². The van der Waals surface area contributed by atoms with Crippen molar-refractivity contribution in [2.24, 2.45) is 35.5 Å². The highest BCUT2D eigenvalue weighted by atomic mass is 16.5. The first-order valence-corrected chi connectivity index (χ1v) is 33.7. The second kappa shape index (κ2) is 39.4. The number of amides is 11. The maximum atomic E-state index is 14.9. The Morgan fingerprint density at radius 1 is 0.691 bits per heavy atom. The molecule has 11 amide bonds. The summed E-state index contributed by atoms with van der Waals surface area (Å²) in [4.78, 5) is 166. The van der Waals surface area contributed by atoms with Crippen LogP contribution in [0.4, 0.5) is 0 Å². The summed E-state index contributed by atoms with van der Waals surface area (Å²) in [5, 5.41) is 27.0. The van der Waals surface area contributed by atoms with Crippen LogP contribution in [0.1, 0.15) is 118 Å². The van der Waals surface area contributed by atoms with Crippen molar-refractivity contribution in [3.63, 3.8) is 0 Å². The molecule has 536 valence electrons. The molecule has 2 saturated heterocycles. The van der Waals surface area contributed by atoms with Crippen LogP contribution < -0.4 is 31.9 Å². The average Bonchev–Trinajstić information content (AvgIpc) is 1.82. The highest BCUT2D eigenvalue weighted by molar-refractivity contribution is 6.12. The molecule has 3 aliphatic heterocycles. The number of imide groups is 1. The lowest BCUT2D eigenvalue weighted by Crippen LogP contribution is -2.61. The quantitative estimate of drug-likeness (QED) is 0.0474. The van der Waals surface area contributed by atoms with Crippen LogP contribution in [0.5, 0.6) is 0 Å². The van der Waals surface area contributed by atoms with Gasteiger partial charge in [-0.05, 0) is 55.1 Å². The van der Waals surface area contributed by atoms with E-state index >= 15 is 0 Å². The summed E-state index contributed by atoms with van der Waals surface area (Å²) in [6.07, 6.45) is 2.03. The number of nitrogens with one attached hydrogen (secondary N) is 6. The maximum Gasteiger partial charge on any atom is 0.253 e. The van der Waals surface area contributed by atoms with Crippen LogP contribution in [0.3, 0.4) is 0 Å². The molecule has 2 aromatic rings. The van der Waals surface area contributed by atoms with Crippen LogP contribution in [-0.4, -0.2) is 231 Å². The molecule has 0 aliphatic carbocycles. The van der Waals surface area contributed by atoms with Gasteiger partial charge in [0.15, 0.2) is 0 Å². The van der Waals surface area contributed by atoms with Gasteiger partial charge in [0.1, 0.15) is 23.9 Å². The van der Waals surface area contributed by atoms with E-state index in [2.05, 4.69) is 31.9 Å². The molecule has 0 saturated carbocycles. The van der Waals surface area contributed by atoms with E-state index in [0.29, 0.717) is 43.4 Å². The molecule has 0 unspecified atom stereocenters. The first-order chi connectivity index (χ1) is 46.1. The predicted octanol–water partition coefficient (Wildman–Crippen LogP) is 1.79. The van der Waals surface area contributed by atoms with Gasteiger partial charge in [0, 0.05) is 78.7 Å². The van der Waals surface area contributed by atoms with Crippen molar-refractivity contribution in [1.82, 2.24) is 51.5 Å². The number of nitrogens with zero attached hydrogens (tertiary/aromatic N) is 4. The van der Waals surface area contributed by atoms with Gasteiger partial charge in [-0.3, -0.25) is 62.4 Å². The minimum absolute atomic E-state index is 0.00539. The van der Waals surface area contributed by atoms with Crippen LogP contribution >= 0.6 is 0 Å². The molecular formula is C70H104N10O17. The summed E-state index contributed by atoms with van der Waals surface area (Å²) in [6.45, 7) is 13.6. The van der Waals surface area contributed by atoms with Gasteiger partial charge in [-0.1, -0.05) is 116 Å². The number of hydrogen-bond donors (Lipinski definition) is 7. The first kappa shape index (κ1) is 79.7. The molecular weight excluding hydrogens is 1250 g/mol. The van der Waals surface area contributed by atoms with Crippen LogP contribution in [0, 0.1) is 35.5 Å². The third-order valence-electron chi connectivity index (χ3n) is 18.4. The first-order valence-electron chi connectivity index (χ1n) is 33.7. The highest BCUT2D eigenvalue weighted by Gasteiger charge is 2.44. The van der Waals surface area contributed by atoms with E-state index in [-0.39, 0.29) is 88.1 Å². The molecule has 2 fully saturated rings. The summed E-state index contributed by atoms with van der Waals surface area (Å²) in [7, 11) is 6.02. The number of ketones is 1. The molecule has 0 radical (unpaired) electrons. The topological polar surface area (TPSA) is 347 Å². The van der Waals surface area contributed by atoms with Crippen molar-refractivity contribution >= 4 is 70.8 Å². The van der Waals surface area contributed by atoms with Gasteiger partial charge in [0.05, 0.1) is 101 Å². The monoisotopic (exact) mass is 1360 g/mol. The Morgan fingerprint density at radius 2 is 1.30 bits per heavy atom. The van der Waals surface area contributed by atoms with E-state index < -0.39 is 151 Å². The fourth-order valence-corrected chi connectivity index (χ4v) is 12.6. The summed E-state index contributed by atoms with van der Waals surface area (Å²) < 4.78 is 23.5. The van der Waals surface area contributed by atoms with Crippen molar-refractivity contribution < 1.29 is 81.6 Å². The predicted molar refractivity (Wildman–Crippen MR) is 358 cm³/mol. The van der Waals surface area contributed by atoms with E-state index in [9.17, 15) is 62.6 Å². The molecule has 27 heteroatoms. The normalized spacial score (nSPS) is 19.6. The Bertz CT molecular complexity index is 3000. The molecule has 7 N–H and O–H groups in total. The van der Waals surface area contributed by atoms with Crippen LogP contribution in [0.2, 0.25) is 0 Å². The molecule has 27 nitrogen and oxygen atoms in total. The van der Waals surface area contributed by atoms with Crippen LogP contribution in [0.15, 0.2) is 72.8 Å². The second-order valence-electron chi connectivity index (χ2n) is 26.3. The van der Waals surface area contributed by atoms with E-state index in [1.54, 1.807) is 96.0 Å². The Kier molecular flexibility index (Phi) is 32.4. The summed E-state index contributed by atoms with van der Waals surface area (Å²) in [5.41, 5.74) is 1.33. The molecule has 0 aromatic heterocycles. The molecule has 0 bridgehead atoms. The number of carbonyl (C=O) groups is 12. The number of carbonyl (C=O) groups excluding carboxylic acids is 12. The number of hydrogen-bond acceptors (Lipinski definition) is 17. The number of methoxy groups -OCH3 is 2. The van der Waals surface area contributed by atoms with Gasteiger partial charge in [0.2, 0.25) is 53.2 Å². The number of aliphatic hydroxyl groups is 1. The number of rotatable bonds is 37. The number of likely N-dealkylation sites (tertiary alicyclic amines) is 1. The van der Waals surface area contributed by atoms with Crippen molar-refractivity contribution in [3.05, 3.63) is 83.9 Å². The van der Waals surface area contributed by atoms with Crippen LogP contribution in [-0.2, 0) is 82.9 Å². The smallest absolute Gasteiger partial charge is 0.253 e. The van der Waals surface area contributed by atoms with E-state index in [4.69, 9.17) is 18.9 Å². The zero-order valence-electron chi connectivity index (χ0n) is 58.4. The van der Waals surface area contributed by atoms with Crippen molar-refractivity contribution in [2.75, 3.05) is 87.5 Å². The lowest BCUT2D eigenvalue weighted by molar-refractivity contribution is -0.148. The van der Waals surface area contributed by atoms with Gasteiger partial charge < -0.3 is 70.7 Å². The number of ether oxygens (including phenoxy) is 4. The summed E-state index contributed by atoms with van der Waals surface area (Å²) >= 11 is 0. The molecule has 97 heavy (non-hydrogen) atoms. The van der Waals surface area contributed by atoms with Gasteiger partial charge in [-0.2, -0.15) is 0 Å². The maximum absolute atomic E-state index is 14.9. The van der Waals surface area contributed by atoms with Gasteiger partial charge in [-0.15, -0.1) is 0 Å². The fourth-order valence-electron chi connectivity index (χ4n) is 12.6. The van der Waals surface area contributed by atoms with E-state index in [1.807, 2.05) is 32.0 Å². The minimum atomic E-state index is -1.23. The summed E-state index contributed by atoms with van der Waals surface area (Å²) in [6, 6.07) is 12.6. The third-order valence-corrected chi connectivity index (χ3v) is 18.4. The second-order valence-corrected chi connectivity index (χ2v) is 26.3. The molecule has 3 aliphatic rings. The average molecular weight is 1360 g/mol. The standard InChI is InChI=1S/C70H104N10O17/c1-13-44(6)64(54(94-11)34-60(87)79-30-20-26-52(79)66(95-12)45(7)67(90)74-46(8)65(89)49-24-18-15-19-25-49)78(10)70(93)62(42(2)3)76-69(92)63(43(4)5)77(9)61(88)37-73-68(91)51(32-47-22-16-14-17-23-47)75-57(84)36-72-56(83)35-71-55(82)33-48-38-96-40-50(41-97-39-48)53(81)27-21-31-80-58(85)28-29-59(80)86/h14-19,22-25,28-29,42-46,48,50-52,54,62-66,89H,13,20-21,26-27,30-41H2,1-12H3,(H,71,82)(H,72,83)(H,73,91)(H,74,90)(H,75,84)(H,76,92)/t44-,45+,46+,48?,50?,51-,52+,54+,62-,63-,64-,65+,66+/m0/s1.